The maximum Gasteiger partial charge on any atom is 0.494 e. The Morgan fingerprint density at radius 1 is 0.293 bits per heavy atom. The minimum absolute atomic E-state index is 0. The minimum Gasteiger partial charge on any atom is -0.456 e. The van der Waals surface area contributed by atoms with Gasteiger partial charge in [-0.05, 0) is 184 Å². The van der Waals surface area contributed by atoms with Crippen molar-refractivity contribution in [3.63, 3.8) is 0 Å². The summed E-state index contributed by atoms with van der Waals surface area (Å²) < 4.78 is 60.9. The van der Waals surface area contributed by atoms with E-state index in [-0.39, 0.29) is 55.6 Å². The van der Waals surface area contributed by atoms with E-state index in [1.54, 1.807) is 0 Å². The van der Waals surface area contributed by atoms with Gasteiger partial charge in [-0.1, -0.05) is 111 Å². The van der Waals surface area contributed by atoms with Gasteiger partial charge in [0.25, 0.3) is 0 Å². The number of hydrogen-bond acceptors (Lipinski definition) is 10. The first-order valence-electron chi connectivity index (χ1n) is 27.4. The number of hydrogen-bond donors (Lipinski definition) is 0. The lowest BCUT2D eigenvalue weighted by molar-refractivity contribution is 0.00578. The summed E-state index contributed by atoms with van der Waals surface area (Å²) in [5.74, 6) is 0. The van der Waals surface area contributed by atoms with E-state index < -0.39 is 14.0 Å². The van der Waals surface area contributed by atoms with Crippen molar-refractivity contribution >= 4 is 126 Å². The van der Waals surface area contributed by atoms with Crippen molar-refractivity contribution < 1.29 is 45.6 Å². The van der Waals surface area contributed by atoms with E-state index in [2.05, 4.69) is 100 Å². The fourth-order valence-electron chi connectivity index (χ4n) is 11.0. The molecule has 0 saturated carbocycles. The molecule has 8 aromatic carbocycles. The van der Waals surface area contributed by atoms with Crippen molar-refractivity contribution in [3.8, 4) is 22.3 Å². The van der Waals surface area contributed by atoms with Gasteiger partial charge in [-0.3, -0.25) is 0 Å². The van der Waals surface area contributed by atoms with Gasteiger partial charge in [0.2, 0.25) is 0 Å². The zero-order chi connectivity index (χ0) is 55.9. The zero-order valence-electron chi connectivity index (χ0n) is 47.2. The van der Waals surface area contributed by atoms with Crippen molar-refractivity contribution in [2.75, 3.05) is 0 Å². The van der Waals surface area contributed by atoms with Crippen LogP contribution < -0.4 is 5.46 Å². The van der Waals surface area contributed by atoms with E-state index in [9.17, 15) is 0 Å². The average Bonchev–Trinajstić information content (AvgIpc) is 2.37. The standard InChI is InChI=1S/C30H25BO4.C24H13ClO2.C12H24B2O4.2CH4/c1-29(2)30(3,4)35-31(34-29)20-12-9-18(10-13-20)19-11-14-22-26(17-19)33-25-16-15-24-27(28(22)25)21-7-5-6-8-23(21)32-24;25-16-8-5-14(6-9-16)15-7-10-18-22(13-15)27-21-12-11-20-23(24(18)21)17-3-1-2-4-19(17)26-20;1-9(2)10(3,4)16-13(15-9)14-17-11(5,6)12(7,8)18-14;;/h5-17H,1-4H3;1-13H;1-8H3;2*1H4. The van der Waals surface area contributed by atoms with Gasteiger partial charge in [-0.2, -0.15) is 0 Å². The minimum atomic E-state index is -0.476. The third-order valence-corrected chi connectivity index (χ3v) is 17.9. The molecule has 0 amide bonds. The van der Waals surface area contributed by atoms with Crippen LogP contribution in [0.5, 0.6) is 0 Å². The van der Waals surface area contributed by atoms with Gasteiger partial charge in [0.05, 0.1) is 33.6 Å². The Morgan fingerprint density at radius 3 is 0.951 bits per heavy atom. The summed E-state index contributed by atoms with van der Waals surface area (Å²) in [5, 5.41) is 9.57. The number of rotatable bonds is 4. The van der Waals surface area contributed by atoms with E-state index in [0.717, 1.165) is 120 Å². The second kappa shape index (κ2) is 20.2. The largest absolute Gasteiger partial charge is 0.494 e. The summed E-state index contributed by atoms with van der Waals surface area (Å²) in [5.41, 5.74) is 10.3. The highest BCUT2D eigenvalue weighted by Crippen LogP contribution is 2.45. The van der Waals surface area contributed by atoms with Crippen molar-refractivity contribution in [2.45, 2.75) is 132 Å². The summed E-state index contributed by atoms with van der Waals surface area (Å²) in [7, 11) is -1.31. The number of fused-ring (bicyclic) bond motifs is 14. The summed E-state index contributed by atoms with van der Waals surface area (Å²) in [4.78, 5) is 0. The highest BCUT2D eigenvalue weighted by atomic mass is 35.5. The fourth-order valence-corrected chi connectivity index (χ4v) is 11.1. The second-order valence-electron chi connectivity index (χ2n) is 24.4. The molecule has 418 valence electrons. The lowest BCUT2D eigenvalue weighted by atomic mass is 9.49. The van der Waals surface area contributed by atoms with Gasteiger partial charge in [0, 0.05) is 48.1 Å². The molecule has 3 saturated heterocycles. The summed E-state index contributed by atoms with van der Waals surface area (Å²) in [6.45, 7) is 24.5. The maximum absolute atomic E-state index is 6.31. The molecule has 4 aromatic heterocycles. The van der Waals surface area contributed by atoms with Crippen LogP contribution in [0.25, 0.3) is 110 Å². The molecular formula is C68H70B3ClO10. The SMILES string of the molecule is C.C.CC1(C)OB(B2OC(C)(C)C(C)(C)O2)OC1(C)C.CC1(C)OB(c2ccc(-c3ccc4c(c3)oc3ccc5oc6ccccc6c5c34)cc2)OC1(C)C.Clc1ccc(-c2ccc3c(c2)oc2ccc4oc5ccccc5c4c23)cc1. The quantitative estimate of drug-likeness (QED) is 0.158. The molecule has 12 aromatic rings. The summed E-state index contributed by atoms with van der Waals surface area (Å²) >= 11 is 6.01. The molecule has 0 aliphatic carbocycles. The molecule has 15 rings (SSSR count). The zero-order valence-corrected chi connectivity index (χ0v) is 48.0. The molecule has 3 aliphatic rings. The molecule has 0 spiro atoms. The molecule has 14 heteroatoms. The van der Waals surface area contributed by atoms with Crippen LogP contribution in [0.2, 0.25) is 5.02 Å². The fraction of sp³-hybridized carbons (Fsp3) is 0.294. The lowest BCUT2D eigenvalue weighted by Crippen LogP contribution is -2.41. The predicted molar refractivity (Wildman–Crippen MR) is 339 cm³/mol. The maximum atomic E-state index is 6.31. The Morgan fingerprint density at radius 2 is 0.585 bits per heavy atom. The highest BCUT2D eigenvalue weighted by Gasteiger charge is 2.64. The topological polar surface area (TPSA) is 108 Å². The number of para-hydroxylation sites is 2. The van der Waals surface area contributed by atoms with E-state index >= 15 is 0 Å². The van der Waals surface area contributed by atoms with Gasteiger partial charge >= 0.3 is 21.1 Å². The van der Waals surface area contributed by atoms with E-state index in [1.807, 2.05) is 140 Å². The molecular weight excluding hydrogens is 1040 g/mol. The molecule has 82 heavy (non-hydrogen) atoms. The van der Waals surface area contributed by atoms with Crippen LogP contribution in [0.1, 0.15) is 97.9 Å². The molecule has 3 aliphatic heterocycles. The van der Waals surface area contributed by atoms with Crippen LogP contribution in [0.15, 0.2) is 175 Å². The van der Waals surface area contributed by atoms with Crippen LogP contribution in [0.3, 0.4) is 0 Å². The smallest absolute Gasteiger partial charge is 0.456 e. The molecule has 7 heterocycles. The van der Waals surface area contributed by atoms with Gasteiger partial charge in [-0.25, -0.2) is 0 Å². The lowest BCUT2D eigenvalue weighted by Gasteiger charge is -2.32. The third-order valence-electron chi connectivity index (χ3n) is 17.7. The highest BCUT2D eigenvalue weighted by molar-refractivity contribution is 7.11. The Labute approximate surface area is 485 Å². The number of halogens is 1. The molecule has 0 bridgehead atoms. The van der Waals surface area contributed by atoms with Crippen molar-refractivity contribution in [1.82, 2.24) is 0 Å². The monoisotopic (exact) mass is 1110 g/mol. The Hall–Kier alpha value is -6.80. The first kappa shape index (κ1) is 57.0. The van der Waals surface area contributed by atoms with Crippen LogP contribution in [0, 0.1) is 0 Å². The Balaban J connectivity index is 0.000000134. The van der Waals surface area contributed by atoms with E-state index in [1.165, 1.54) is 0 Å². The van der Waals surface area contributed by atoms with E-state index in [0.29, 0.717) is 0 Å². The van der Waals surface area contributed by atoms with Crippen molar-refractivity contribution in [3.05, 3.63) is 163 Å². The van der Waals surface area contributed by atoms with Crippen molar-refractivity contribution in [1.29, 1.82) is 0 Å². The molecule has 0 radical (unpaired) electrons. The molecule has 0 unspecified atom stereocenters. The Bertz CT molecular complexity index is 4290. The summed E-state index contributed by atoms with van der Waals surface area (Å²) in [6.07, 6.45) is 0. The molecule has 3 fully saturated rings. The van der Waals surface area contributed by atoms with Gasteiger partial charge in [0.1, 0.15) is 44.7 Å². The van der Waals surface area contributed by atoms with Crippen LogP contribution >= 0.6 is 11.6 Å². The predicted octanol–water partition coefficient (Wildman–Crippen LogP) is 18.8. The Kier molecular flexibility index (Phi) is 14.1. The second-order valence-corrected chi connectivity index (χ2v) is 24.8. The average molecular weight is 1120 g/mol. The third kappa shape index (κ3) is 9.52. The van der Waals surface area contributed by atoms with Crippen LogP contribution in [-0.2, 0) is 27.9 Å². The van der Waals surface area contributed by atoms with Gasteiger partial charge < -0.3 is 45.6 Å². The number of benzene rings is 8. The summed E-state index contributed by atoms with van der Waals surface area (Å²) in [6, 6.07) is 53.3. The van der Waals surface area contributed by atoms with E-state index in [4.69, 9.17) is 57.2 Å². The van der Waals surface area contributed by atoms with Gasteiger partial charge in [0.15, 0.2) is 0 Å². The molecule has 10 nitrogen and oxygen atoms in total. The van der Waals surface area contributed by atoms with Gasteiger partial charge in [-0.15, -0.1) is 0 Å². The first-order chi connectivity index (χ1) is 38.0. The van der Waals surface area contributed by atoms with Crippen LogP contribution in [0.4, 0.5) is 0 Å². The first-order valence-corrected chi connectivity index (χ1v) is 27.8. The number of furan rings is 4. The molecule has 0 atom stereocenters. The normalized spacial score (nSPS) is 18.3. The van der Waals surface area contributed by atoms with Crippen molar-refractivity contribution in [2.24, 2.45) is 0 Å². The van der Waals surface area contributed by atoms with Crippen LogP contribution in [-0.4, -0.2) is 54.7 Å². The molecule has 0 N–H and O–H groups in total.